The zero-order valence-corrected chi connectivity index (χ0v) is 9.76. The molecule has 2 heterocycles. The van der Waals surface area contributed by atoms with Gasteiger partial charge in [0.25, 0.3) is 5.91 Å². The van der Waals surface area contributed by atoms with E-state index >= 15 is 0 Å². The van der Waals surface area contributed by atoms with E-state index in [1.807, 2.05) is 6.92 Å². The fourth-order valence-corrected chi connectivity index (χ4v) is 1.66. The van der Waals surface area contributed by atoms with Crippen molar-refractivity contribution in [3.63, 3.8) is 0 Å². The van der Waals surface area contributed by atoms with Gasteiger partial charge in [0.05, 0.1) is 0 Å². The van der Waals surface area contributed by atoms with Crippen molar-refractivity contribution >= 4 is 40.2 Å². The number of fused-ring (bicyclic) bond motifs is 1. The van der Waals surface area contributed by atoms with Gasteiger partial charge in [-0.3, -0.25) is 4.79 Å². The van der Waals surface area contributed by atoms with Gasteiger partial charge in [0, 0.05) is 12.6 Å². The van der Waals surface area contributed by atoms with E-state index in [1.54, 1.807) is 0 Å². The van der Waals surface area contributed by atoms with E-state index in [-0.39, 0.29) is 27.7 Å². The zero-order chi connectivity index (χ0) is 11.7. The molecule has 84 valence electrons. The van der Waals surface area contributed by atoms with E-state index in [0.717, 1.165) is 0 Å². The van der Waals surface area contributed by atoms with Crippen molar-refractivity contribution in [2.75, 3.05) is 6.54 Å². The highest BCUT2D eigenvalue weighted by Gasteiger charge is 2.15. The van der Waals surface area contributed by atoms with Crippen molar-refractivity contribution in [3.05, 3.63) is 22.3 Å². The number of carbonyl (C=O) groups is 1. The molecule has 0 atom stereocenters. The minimum atomic E-state index is -0.326. The van der Waals surface area contributed by atoms with Gasteiger partial charge in [-0.2, -0.15) is 0 Å². The molecule has 0 saturated heterocycles. The molecule has 16 heavy (non-hydrogen) atoms. The number of furan rings is 1. The van der Waals surface area contributed by atoms with Gasteiger partial charge in [-0.1, -0.05) is 11.6 Å². The van der Waals surface area contributed by atoms with Crippen LogP contribution in [0, 0.1) is 0 Å². The molecule has 0 aliphatic heterocycles. The predicted octanol–water partition coefficient (Wildman–Crippen LogP) is 2.28. The average Bonchev–Trinajstić information content (AvgIpc) is 2.62. The minimum absolute atomic E-state index is 0.0146. The van der Waals surface area contributed by atoms with Crippen LogP contribution in [0.4, 0.5) is 0 Å². The molecule has 0 aromatic carbocycles. The molecule has 1 N–H and O–H groups in total. The van der Waals surface area contributed by atoms with Crippen LogP contribution in [0.25, 0.3) is 11.1 Å². The highest BCUT2D eigenvalue weighted by molar-refractivity contribution is 6.35. The summed E-state index contributed by atoms with van der Waals surface area (Å²) in [5.74, 6) is -0.192. The van der Waals surface area contributed by atoms with Crippen LogP contribution in [0.1, 0.15) is 17.5 Å². The summed E-state index contributed by atoms with van der Waals surface area (Å²) in [6.45, 7) is 2.32. The lowest BCUT2D eigenvalue weighted by molar-refractivity contribution is 0.0930. The molecule has 2 aromatic rings. The Bertz CT molecular complexity index is 553. The van der Waals surface area contributed by atoms with Gasteiger partial charge < -0.3 is 9.73 Å². The Morgan fingerprint density at radius 3 is 2.94 bits per heavy atom. The molecule has 1 amide bonds. The van der Waals surface area contributed by atoms with Gasteiger partial charge in [0.15, 0.2) is 16.5 Å². The largest absolute Gasteiger partial charge is 0.446 e. The quantitative estimate of drug-likeness (QED) is 0.664. The average molecular weight is 260 g/mol. The number of hydrogen-bond acceptors (Lipinski definition) is 4. The first-order valence-electron chi connectivity index (χ1n) is 4.52. The van der Waals surface area contributed by atoms with Crippen molar-refractivity contribution in [1.29, 1.82) is 0 Å². The van der Waals surface area contributed by atoms with Crippen LogP contribution in [-0.4, -0.2) is 22.4 Å². The molecular weight excluding hydrogens is 253 g/mol. The standard InChI is InChI=1S/C9H7Cl2N3O2/c1-2-12-8(15)5-3-4-6(16-5)7(10)14-9(11)13-4/h3H,2H2,1H3,(H,12,15). The van der Waals surface area contributed by atoms with Crippen molar-refractivity contribution in [1.82, 2.24) is 15.3 Å². The number of rotatable bonds is 2. The maximum Gasteiger partial charge on any atom is 0.287 e. The molecule has 7 heteroatoms. The first-order chi connectivity index (χ1) is 7.61. The zero-order valence-electron chi connectivity index (χ0n) is 8.25. The smallest absolute Gasteiger partial charge is 0.287 e. The van der Waals surface area contributed by atoms with Crippen LogP contribution in [0.2, 0.25) is 10.4 Å². The van der Waals surface area contributed by atoms with E-state index in [2.05, 4.69) is 15.3 Å². The number of nitrogens with zero attached hydrogens (tertiary/aromatic N) is 2. The first kappa shape index (κ1) is 11.2. The van der Waals surface area contributed by atoms with Gasteiger partial charge in [0.2, 0.25) is 5.28 Å². The number of carbonyl (C=O) groups excluding carboxylic acids is 1. The third-order valence-electron chi connectivity index (χ3n) is 1.86. The van der Waals surface area contributed by atoms with Gasteiger partial charge in [0.1, 0.15) is 5.52 Å². The summed E-state index contributed by atoms with van der Waals surface area (Å²) >= 11 is 11.4. The molecule has 2 aromatic heterocycles. The summed E-state index contributed by atoms with van der Waals surface area (Å²) < 4.78 is 5.24. The van der Waals surface area contributed by atoms with Gasteiger partial charge >= 0.3 is 0 Å². The molecule has 0 fully saturated rings. The summed E-state index contributed by atoms with van der Waals surface area (Å²) in [6, 6.07) is 1.47. The second-order valence-corrected chi connectivity index (χ2v) is 3.66. The Morgan fingerprint density at radius 1 is 1.50 bits per heavy atom. The SMILES string of the molecule is CCNC(=O)c1cc2nc(Cl)nc(Cl)c2o1. The Labute approximate surface area is 101 Å². The topological polar surface area (TPSA) is 68.0 Å². The first-order valence-corrected chi connectivity index (χ1v) is 5.28. The van der Waals surface area contributed by atoms with E-state index < -0.39 is 0 Å². The van der Waals surface area contributed by atoms with Crippen molar-refractivity contribution in [2.24, 2.45) is 0 Å². The molecule has 0 unspecified atom stereocenters. The molecule has 0 saturated carbocycles. The number of halogens is 2. The lowest BCUT2D eigenvalue weighted by atomic mass is 10.4. The van der Waals surface area contributed by atoms with Crippen LogP contribution in [-0.2, 0) is 0 Å². The van der Waals surface area contributed by atoms with Crippen LogP contribution in [0.3, 0.4) is 0 Å². The molecule has 0 spiro atoms. The van der Waals surface area contributed by atoms with Gasteiger partial charge in [-0.05, 0) is 18.5 Å². The number of nitrogens with one attached hydrogen (secondary N) is 1. The van der Waals surface area contributed by atoms with Crippen LogP contribution in [0.5, 0.6) is 0 Å². The summed E-state index contributed by atoms with van der Waals surface area (Å²) in [5.41, 5.74) is 0.665. The number of hydrogen-bond donors (Lipinski definition) is 1. The third kappa shape index (κ3) is 1.96. The van der Waals surface area contributed by atoms with Crippen LogP contribution in [0.15, 0.2) is 10.5 Å². The number of amides is 1. The monoisotopic (exact) mass is 259 g/mol. The normalized spacial score (nSPS) is 10.7. The molecular formula is C9H7Cl2N3O2. The predicted molar refractivity (Wildman–Crippen MR) is 59.8 cm³/mol. The fraction of sp³-hybridized carbons (Fsp3) is 0.222. The highest BCUT2D eigenvalue weighted by atomic mass is 35.5. The Morgan fingerprint density at radius 2 is 2.25 bits per heavy atom. The van der Waals surface area contributed by atoms with Crippen LogP contribution >= 0.6 is 23.2 Å². The lowest BCUT2D eigenvalue weighted by Gasteiger charge is -1.95. The van der Waals surface area contributed by atoms with E-state index in [4.69, 9.17) is 27.6 Å². The molecule has 0 radical (unpaired) electrons. The second-order valence-electron chi connectivity index (χ2n) is 2.97. The summed E-state index contributed by atoms with van der Waals surface area (Å²) in [5, 5.41) is 2.70. The van der Waals surface area contributed by atoms with E-state index in [0.29, 0.717) is 12.1 Å². The Kier molecular flexibility index (Phi) is 2.98. The molecule has 0 aliphatic carbocycles. The van der Waals surface area contributed by atoms with Gasteiger partial charge in [-0.25, -0.2) is 9.97 Å². The fourth-order valence-electron chi connectivity index (χ4n) is 1.23. The van der Waals surface area contributed by atoms with Crippen molar-refractivity contribution in [3.8, 4) is 0 Å². The Balaban J connectivity index is 2.51. The third-order valence-corrected chi connectivity index (χ3v) is 2.29. The van der Waals surface area contributed by atoms with Gasteiger partial charge in [-0.15, -0.1) is 0 Å². The molecule has 0 aliphatic rings. The summed E-state index contributed by atoms with van der Waals surface area (Å²) in [4.78, 5) is 19.1. The van der Waals surface area contributed by atoms with E-state index in [1.165, 1.54) is 6.07 Å². The molecule has 0 bridgehead atoms. The second kappa shape index (κ2) is 4.27. The summed E-state index contributed by atoms with van der Waals surface area (Å²) in [6.07, 6.45) is 0. The Hall–Kier alpha value is -1.33. The van der Waals surface area contributed by atoms with Crippen molar-refractivity contribution < 1.29 is 9.21 Å². The van der Waals surface area contributed by atoms with E-state index in [9.17, 15) is 4.79 Å². The summed E-state index contributed by atoms with van der Waals surface area (Å²) in [7, 11) is 0. The number of aromatic nitrogens is 2. The maximum atomic E-state index is 11.5. The van der Waals surface area contributed by atoms with Crippen molar-refractivity contribution in [2.45, 2.75) is 6.92 Å². The molecule has 5 nitrogen and oxygen atoms in total. The van der Waals surface area contributed by atoms with Crippen LogP contribution < -0.4 is 5.32 Å². The molecule has 2 rings (SSSR count). The minimum Gasteiger partial charge on any atom is -0.446 e. The highest BCUT2D eigenvalue weighted by Crippen LogP contribution is 2.25. The lowest BCUT2D eigenvalue weighted by Crippen LogP contribution is -2.21. The maximum absolute atomic E-state index is 11.5.